The third kappa shape index (κ3) is 2.34. The van der Waals surface area contributed by atoms with Crippen LogP contribution in [-0.2, 0) is 11.2 Å². The van der Waals surface area contributed by atoms with E-state index in [9.17, 15) is 9.59 Å². The Morgan fingerprint density at radius 3 is 2.88 bits per heavy atom. The lowest BCUT2D eigenvalue weighted by atomic mass is 10.2. The molecule has 0 saturated carbocycles. The largest absolute Gasteiger partial charge is 0.480 e. The molecule has 2 rings (SSSR count). The average molecular weight is 253 g/mol. The summed E-state index contributed by atoms with van der Waals surface area (Å²) in [5, 5.41) is 9.04. The molecule has 0 radical (unpaired) electrons. The number of hydrogen-bond acceptors (Lipinski definition) is 3. The SMILES string of the molecule is CCc1ccc(C(=O)N2CCC[C@@H]2C(=O)O)s1. The summed E-state index contributed by atoms with van der Waals surface area (Å²) < 4.78 is 0. The molecule has 1 fully saturated rings. The minimum Gasteiger partial charge on any atom is -0.480 e. The van der Waals surface area contributed by atoms with Crippen LogP contribution >= 0.6 is 11.3 Å². The summed E-state index contributed by atoms with van der Waals surface area (Å²) in [4.78, 5) is 26.5. The van der Waals surface area contributed by atoms with E-state index < -0.39 is 12.0 Å². The minimum atomic E-state index is -0.900. The zero-order valence-corrected chi connectivity index (χ0v) is 10.5. The zero-order valence-electron chi connectivity index (χ0n) is 9.68. The van der Waals surface area contributed by atoms with Gasteiger partial charge in [0.05, 0.1) is 4.88 Å². The number of likely N-dealkylation sites (tertiary alicyclic amines) is 1. The van der Waals surface area contributed by atoms with Gasteiger partial charge in [-0.25, -0.2) is 4.79 Å². The smallest absolute Gasteiger partial charge is 0.326 e. The van der Waals surface area contributed by atoms with E-state index in [1.807, 2.05) is 13.0 Å². The number of carbonyl (C=O) groups is 2. The van der Waals surface area contributed by atoms with Crippen molar-refractivity contribution in [1.29, 1.82) is 0 Å². The molecule has 17 heavy (non-hydrogen) atoms. The van der Waals surface area contributed by atoms with Crippen LogP contribution in [0.3, 0.4) is 0 Å². The van der Waals surface area contributed by atoms with Gasteiger partial charge >= 0.3 is 5.97 Å². The lowest BCUT2D eigenvalue weighted by molar-refractivity contribution is -0.141. The van der Waals surface area contributed by atoms with Crippen LogP contribution in [0.25, 0.3) is 0 Å². The van der Waals surface area contributed by atoms with Crippen molar-refractivity contribution in [3.63, 3.8) is 0 Å². The van der Waals surface area contributed by atoms with Crippen LogP contribution in [0.4, 0.5) is 0 Å². The van der Waals surface area contributed by atoms with Gasteiger partial charge < -0.3 is 10.0 Å². The molecule has 1 aliphatic heterocycles. The molecule has 2 heterocycles. The van der Waals surface area contributed by atoms with Crippen LogP contribution < -0.4 is 0 Å². The third-order valence-corrected chi connectivity index (χ3v) is 4.24. The Morgan fingerprint density at radius 1 is 1.53 bits per heavy atom. The number of carbonyl (C=O) groups excluding carboxylic acids is 1. The van der Waals surface area contributed by atoms with Gasteiger partial charge in [-0.05, 0) is 31.4 Å². The van der Waals surface area contributed by atoms with Gasteiger partial charge in [0.15, 0.2) is 0 Å². The predicted octanol–water partition coefficient (Wildman–Crippen LogP) is 2.00. The summed E-state index contributed by atoms with van der Waals surface area (Å²) in [7, 11) is 0. The van der Waals surface area contributed by atoms with Gasteiger partial charge in [0.2, 0.25) is 0 Å². The van der Waals surface area contributed by atoms with Gasteiger partial charge in [0, 0.05) is 11.4 Å². The molecule has 5 heteroatoms. The topological polar surface area (TPSA) is 57.6 Å². The molecule has 1 aliphatic rings. The maximum Gasteiger partial charge on any atom is 0.326 e. The predicted molar refractivity (Wildman–Crippen MR) is 65.4 cm³/mol. The number of amides is 1. The summed E-state index contributed by atoms with van der Waals surface area (Å²) in [5.41, 5.74) is 0. The second-order valence-corrected chi connectivity index (χ2v) is 5.28. The number of thiophene rings is 1. The number of hydrogen-bond donors (Lipinski definition) is 1. The lowest BCUT2D eigenvalue weighted by Crippen LogP contribution is -2.40. The fraction of sp³-hybridized carbons (Fsp3) is 0.500. The molecule has 1 aromatic heterocycles. The van der Waals surface area contributed by atoms with Crippen LogP contribution in [0.15, 0.2) is 12.1 Å². The van der Waals surface area contributed by atoms with E-state index in [0.717, 1.165) is 17.7 Å². The molecule has 0 unspecified atom stereocenters. The highest BCUT2D eigenvalue weighted by atomic mass is 32.1. The first-order valence-corrected chi connectivity index (χ1v) is 6.57. The average Bonchev–Trinajstić information content (AvgIpc) is 2.97. The van der Waals surface area contributed by atoms with E-state index in [1.165, 1.54) is 16.2 Å². The molecule has 0 aliphatic carbocycles. The molecule has 1 atom stereocenters. The van der Waals surface area contributed by atoms with Gasteiger partial charge in [-0.15, -0.1) is 11.3 Å². The lowest BCUT2D eigenvalue weighted by Gasteiger charge is -2.20. The molecule has 0 bridgehead atoms. The molecule has 0 aromatic carbocycles. The molecule has 0 spiro atoms. The Kier molecular flexibility index (Phi) is 3.47. The van der Waals surface area contributed by atoms with Crippen molar-refractivity contribution < 1.29 is 14.7 Å². The van der Waals surface area contributed by atoms with E-state index in [2.05, 4.69) is 0 Å². The monoisotopic (exact) mass is 253 g/mol. The summed E-state index contributed by atoms with van der Waals surface area (Å²) >= 11 is 1.46. The van der Waals surface area contributed by atoms with Crippen molar-refractivity contribution in [2.24, 2.45) is 0 Å². The van der Waals surface area contributed by atoms with Gasteiger partial charge in [-0.1, -0.05) is 6.92 Å². The van der Waals surface area contributed by atoms with E-state index in [4.69, 9.17) is 5.11 Å². The number of nitrogens with zero attached hydrogens (tertiary/aromatic N) is 1. The van der Waals surface area contributed by atoms with Crippen LogP contribution in [-0.4, -0.2) is 34.5 Å². The molecule has 92 valence electrons. The Bertz CT molecular complexity index is 441. The van der Waals surface area contributed by atoms with Crippen molar-refractivity contribution in [1.82, 2.24) is 4.90 Å². The maximum absolute atomic E-state index is 12.2. The minimum absolute atomic E-state index is 0.139. The van der Waals surface area contributed by atoms with Crippen LogP contribution in [0.1, 0.15) is 34.3 Å². The second-order valence-electron chi connectivity index (χ2n) is 4.11. The van der Waals surface area contributed by atoms with Gasteiger partial charge in [-0.2, -0.15) is 0 Å². The maximum atomic E-state index is 12.2. The summed E-state index contributed by atoms with van der Waals surface area (Å²) in [6.07, 6.45) is 2.24. The summed E-state index contributed by atoms with van der Waals surface area (Å²) in [5.74, 6) is -1.04. The van der Waals surface area contributed by atoms with E-state index in [-0.39, 0.29) is 5.91 Å². The number of aryl methyl sites for hydroxylation is 1. The molecule has 1 saturated heterocycles. The Labute approximate surface area is 104 Å². The molecule has 1 amide bonds. The summed E-state index contributed by atoms with van der Waals surface area (Å²) in [6, 6.07) is 3.09. The van der Waals surface area contributed by atoms with E-state index >= 15 is 0 Å². The first-order chi connectivity index (χ1) is 8.13. The Hall–Kier alpha value is -1.36. The first-order valence-electron chi connectivity index (χ1n) is 5.76. The van der Waals surface area contributed by atoms with Crippen molar-refractivity contribution in [3.8, 4) is 0 Å². The number of rotatable bonds is 3. The second kappa shape index (κ2) is 4.87. The Morgan fingerprint density at radius 2 is 2.29 bits per heavy atom. The number of carboxylic acids is 1. The standard InChI is InChI=1S/C12H15NO3S/c1-2-8-5-6-10(17-8)11(14)13-7-3-4-9(13)12(15)16/h5-6,9H,2-4,7H2,1H3,(H,15,16)/t9-/m1/s1. The van der Waals surface area contributed by atoms with Crippen LogP contribution in [0.5, 0.6) is 0 Å². The zero-order chi connectivity index (χ0) is 12.4. The van der Waals surface area contributed by atoms with Crippen LogP contribution in [0.2, 0.25) is 0 Å². The molecular formula is C12H15NO3S. The fourth-order valence-corrected chi connectivity index (χ4v) is 2.99. The first kappa shape index (κ1) is 12.1. The molecule has 4 nitrogen and oxygen atoms in total. The van der Waals surface area contributed by atoms with E-state index in [1.54, 1.807) is 6.07 Å². The Balaban J connectivity index is 2.16. The normalized spacial score (nSPS) is 19.6. The van der Waals surface area contributed by atoms with E-state index in [0.29, 0.717) is 17.8 Å². The highest BCUT2D eigenvalue weighted by Crippen LogP contribution is 2.24. The van der Waals surface area contributed by atoms with Crippen molar-refractivity contribution >= 4 is 23.2 Å². The van der Waals surface area contributed by atoms with Crippen molar-refractivity contribution in [2.75, 3.05) is 6.54 Å². The van der Waals surface area contributed by atoms with Crippen LogP contribution in [0, 0.1) is 0 Å². The van der Waals surface area contributed by atoms with Crippen molar-refractivity contribution in [3.05, 3.63) is 21.9 Å². The molecule has 1 N–H and O–H groups in total. The third-order valence-electron chi connectivity index (χ3n) is 3.02. The quantitative estimate of drug-likeness (QED) is 0.896. The molecule has 1 aromatic rings. The van der Waals surface area contributed by atoms with Gasteiger partial charge in [0.25, 0.3) is 5.91 Å². The van der Waals surface area contributed by atoms with Crippen molar-refractivity contribution in [2.45, 2.75) is 32.2 Å². The highest BCUT2D eigenvalue weighted by Gasteiger charge is 2.34. The number of carboxylic acid groups (broad SMARTS) is 1. The summed E-state index contributed by atoms with van der Waals surface area (Å²) in [6.45, 7) is 2.59. The highest BCUT2D eigenvalue weighted by molar-refractivity contribution is 7.14. The van der Waals surface area contributed by atoms with Gasteiger partial charge in [-0.3, -0.25) is 4.79 Å². The number of aliphatic carboxylic acids is 1. The molecular weight excluding hydrogens is 238 g/mol. The van der Waals surface area contributed by atoms with Gasteiger partial charge in [0.1, 0.15) is 6.04 Å². The fourth-order valence-electron chi connectivity index (χ4n) is 2.09.